The van der Waals surface area contributed by atoms with Crippen molar-refractivity contribution in [3.8, 4) is 61.9 Å². The molecule has 9 aromatic rings. The zero-order chi connectivity index (χ0) is 33.1. The summed E-state index contributed by atoms with van der Waals surface area (Å²) in [6.07, 6.45) is 1.77. The van der Waals surface area contributed by atoms with E-state index in [2.05, 4.69) is 79.6 Å². The van der Waals surface area contributed by atoms with Gasteiger partial charge in [-0.15, -0.1) is 12.1 Å². The monoisotopic (exact) mass is 828 g/mol. The normalized spacial score (nSPS) is 11.3. The third kappa shape index (κ3) is 5.20. The van der Waals surface area contributed by atoms with Gasteiger partial charge in [-0.2, -0.15) is 5.10 Å². The molecule has 0 bridgehead atoms. The van der Waals surface area contributed by atoms with Crippen LogP contribution in [0.25, 0.3) is 83.7 Å². The van der Waals surface area contributed by atoms with Gasteiger partial charge in [0.1, 0.15) is 17.0 Å². The Balaban J connectivity index is 0.00000361. The molecule has 0 amide bonds. The number of para-hydroxylation sites is 2. The minimum atomic E-state index is 0. The van der Waals surface area contributed by atoms with E-state index in [0.29, 0.717) is 28.1 Å². The standard InChI is InChI=1S/C43H29N4O2.Pt/c1-26-12-10-13-27(2)40(26)29-24-35(32-17-6-8-18-37(32)48)45-36(25-29)34-23-30(22-33-31-16-7-9-19-38(31)49-43(33)34)41-42(28-14-4-3-5-15-28)47-39(46-41)20-11-21-44-47;/h3-22,24-25,48H,1-2H3;/q-1;. The Morgan fingerprint density at radius 2 is 1.42 bits per heavy atom. The van der Waals surface area contributed by atoms with Crippen LogP contribution in [0.4, 0.5) is 0 Å². The molecular formula is C43H29N4O2Pt-. The summed E-state index contributed by atoms with van der Waals surface area (Å²) in [5, 5.41) is 17.6. The third-order valence-corrected chi connectivity index (χ3v) is 9.14. The predicted molar refractivity (Wildman–Crippen MR) is 195 cm³/mol. The van der Waals surface area contributed by atoms with Crippen molar-refractivity contribution < 1.29 is 30.6 Å². The molecule has 0 unspecified atom stereocenters. The fraction of sp³-hybridized carbons (Fsp3) is 0.0465. The molecule has 0 aliphatic carbocycles. The van der Waals surface area contributed by atoms with E-state index >= 15 is 0 Å². The number of furan rings is 1. The van der Waals surface area contributed by atoms with Crippen molar-refractivity contribution >= 4 is 27.6 Å². The SMILES string of the molecule is Cc1cccc(C)c1-c1cc(-c2ccccc2O)nc(-c2[c-]c(-c3nc4cccnn4c3-c3ccccc3)cc3c2oc2ccccc23)c1.[Pt]. The Hall–Kier alpha value is -5.84. The number of phenols is 1. The van der Waals surface area contributed by atoms with Gasteiger partial charge in [-0.05, 0) is 83.4 Å². The molecule has 1 N–H and O–H groups in total. The Kier molecular flexibility index (Phi) is 7.89. The molecule has 7 heteroatoms. The molecular weight excluding hydrogens is 800 g/mol. The van der Waals surface area contributed by atoms with Crippen molar-refractivity contribution in [3.05, 3.63) is 151 Å². The maximum absolute atomic E-state index is 11.0. The summed E-state index contributed by atoms with van der Waals surface area (Å²) in [6.45, 7) is 4.24. The van der Waals surface area contributed by atoms with E-state index in [-0.39, 0.29) is 26.8 Å². The molecule has 0 atom stereocenters. The van der Waals surface area contributed by atoms with Crippen LogP contribution in [0.1, 0.15) is 11.1 Å². The molecule has 9 rings (SSSR count). The van der Waals surface area contributed by atoms with Gasteiger partial charge >= 0.3 is 0 Å². The van der Waals surface area contributed by atoms with Gasteiger partial charge < -0.3 is 9.52 Å². The first-order valence-corrected chi connectivity index (χ1v) is 16.2. The zero-order valence-electron chi connectivity index (χ0n) is 27.2. The van der Waals surface area contributed by atoms with E-state index in [9.17, 15) is 5.11 Å². The zero-order valence-corrected chi connectivity index (χ0v) is 29.4. The Morgan fingerprint density at radius 1 is 0.680 bits per heavy atom. The summed E-state index contributed by atoms with van der Waals surface area (Å²) in [4.78, 5) is 10.3. The first-order valence-electron chi connectivity index (χ1n) is 16.2. The number of aromatic nitrogens is 4. The van der Waals surface area contributed by atoms with E-state index in [1.54, 1.807) is 12.3 Å². The molecule has 0 aliphatic heterocycles. The van der Waals surface area contributed by atoms with Crippen molar-refractivity contribution in [2.75, 3.05) is 0 Å². The average Bonchev–Trinajstić information content (AvgIpc) is 3.71. The fourth-order valence-corrected chi connectivity index (χ4v) is 6.91. The van der Waals surface area contributed by atoms with Gasteiger partial charge in [-0.25, -0.2) is 4.52 Å². The van der Waals surface area contributed by atoms with Crippen LogP contribution in [0.15, 0.2) is 138 Å². The number of imidazole rings is 1. The summed E-state index contributed by atoms with van der Waals surface area (Å²) >= 11 is 0. The number of aromatic hydroxyl groups is 1. The van der Waals surface area contributed by atoms with Crippen LogP contribution in [0.2, 0.25) is 0 Å². The largest absolute Gasteiger partial charge is 0.507 e. The molecule has 0 aliphatic rings. The van der Waals surface area contributed by atoms with Crippen LogP contribution in [-0.2, 0) is 21.1 Å². The topological polar surface area (TPSA) is 76.5 Å². The van der Waals surface area contributed by atoms with Crippen molar-refractivity contribution in [2.45, 2.75) is 13.8 Å². The summed E-state index contributed by atoms with van der Waals surface area (Å²) in [5.74, 6) is 0.163. The van der Waals surface area contributed by atoms with E-state index < -0.39 is 0 Å². The number of rotatable bonds is 5. The van der Waals surface area contributed by atoms with Gasteiger partial charge in [0.2, 0.25) is 0 Å². The first-order chi connectivity index (χ1) is 24.0. The molecule has 4 heterocycles. The molecule has 5 aromatic carbocycles. The Morgan fingerprint density at radius 3 is 2.24 bits per heavy atom. The van der Waals surface area contributed by atoms with Gasteiger partial charge in [0.25, 0.3) is 0 Å². The number of pyridine rings is 1. The van der Waals surface area contributed by atoms with Crippen LogP contribution >= 0.6 is 0 Å². The van der Waals surface area contributed by atoms with Crippen LogP contribution in [-0.4, -0.2) is 24.7 Å². The van der Waals surface area contributed by atoms with Crippen molar-refractivity contribution in [2.24, 2.45) is 0 Å². The van der Waals surface area contributed by atoms with E-state index in [1.807, 2.05) is 71.2 Å². The van der Waals surface area contributed by atoms with Crippen LogP contribution in [0, 0.1) is 19.9 Å². The van der Waals surface area contributed by atoms with Crippen LogP contribution in [0.3, 0.4) is 0 Å². The van der Waals surface area contributed by atoms with Crippen LogP contribution < -0.4 is 0 Å². The molecule has 0 spiro atoms. The predicted octanol–water partition coefficient (Wildman–Crippen LogP) is 10.5. The van der Waals surface area contributed by atoms with Crippen LogP contribution in [0.5, 0.6) is 5.75 Å². The Bertz CT molecular complexity index is 2690. The molecule has 244 valence electrons. The summed E-state index contributed by atoms with van der Waals surface area (Å²) in [5.41, 5.74) is 12.7. The van der Waals surface area contributed by atoms with E-state index in [4.69, 9.17) is 14.4 Å². The van der Waals surface area contributed by atoms with Crippen molar-refractivity contribution in [3.63, 3.8) is 0 Å². The molecule has 0 saturated carbocycles. The third-order valence-electron chi connectivity index (χ3n) is 9.14. The molecule has 0 fully saturated rings. The minimum absolute atomic E-state index is 0. The molecule has 6 nitrogen and oxygen atoms in total. The summed E-state index contributed by atoms with van der Waals surface area (Å²) in [6, 6.07) is 45.7. The van der Waals surface area contributed by atoms with Gasteiger partial charge in [-0.3, -0.25) is 9.97 Å². The van der Waals surface area contributed by atoms with Gasteiger partial charge in [0.05, 0.1) is 17.0 Å². The molecule has 0 saturated heterocycles. The number of benzene rings is 5. The second-order valence-electron chi connectivity index (χ2n) is 12.3. The molecule has 4 aromatic heterocycles. The number of aryl methyl sites for hydroxylation is 2. The van der Waals surface area contributed by atoms with Gasteiger partial charge in [-0.1, -0.05) is 96.1 Å². The van der Waals surface area contributed by atoms with Gasteiger partial charge in [0, 0.05) is 49.6 Å². The number of hydrogen-bond donors (Lipinski definition) is 1. The van der Waals surface area contributed by atoms with Gasteiger partial charge in [0.15, 0.2) is 0 Å². The average molecular weight is 829 g/mol. The smallest absolute Gasteiger partial charge is 0.146 e. The fourth-order valence-electron chi connectivity index (χ4n) is 6.91. The number of fused-ring (bicyclic) bond motifs is 4. The minimum Gasteiger partial charge on any atom is -0.507 e. The van der Waals surface area contributed by atoms with E-state index in [0.717, 1.165) is 66.8 Å². The number of phenolic OH excluding ortho intramolecular Hbond substituents is 1. The quantitative estimate of drug-likeness (QED) is 0.175. The maximum Gasteiger partial charge on any atom is 0.146 e. The Labute approximate surface area is 303 Å². The number of hydrogen-bond acceptors (Lipinski definition) is 5. The second-order valence-corrected chi connectivity index (χ2v) is 12.3. The van der Waals surface area contributed by atoms with Crippen molar-refractivity contribution in [1.29, 1.82) is 0 Å². The van der Waals surface area contributed by atoms with Crippen molar-refractivity contribution in [1.82, 2.24) is 19.6 Å². The second kappa shape index (κ2) is 12.6. The summed E-state index contributed by atoms with van der Waals surface area (Å²) in [7, 11) is 0. The molecule has 0 radical (unpaired) electrons. The maximum atomic E-state index is 11.0. The molecule has 50 heavy (non-hydrogen) atoms. The summed E-state index contributed by atoms with van der Waals surface area (Å²) < 4.78 is 8.49. The first kappa shape index (κ1) is 31.4. The number of nitrogens with zero attached hydrogens (tertiary/aromatic N) is 4. The van der Waals surface area contributed by atoms with E-state index in [1.165, 1.54) is 0 Å².